The van der Waals surface area contributed by atoms with Gasteiger partial charge in [0.05, 0.1) is 6.04 Å². The summed E-state index contributed by atoms with van der Waals surface area (Å²) in [6.07, 6.45) is 3.47. The molecule has 0 bridgehead atoms. The third-order valence-corrected chi connectivity index (χ3v) is 8.13. The Hall–Kier alpha value is -2.91. The van der Waals surface area contributed by atoms with E-state index in [0.717, 1.165) is 30.2 Å². The van der Waals surface area contributed by atoms with Crippen LogP contribution < -0.4 is 10.6 Å². The Kier molecular flexibility index (Phi) is 6.55. The molecule has 4 N–H and O–H groups in total. The Bertz CT molecular complexity index is 1180. The van der Waals surface area contributed by atoms with E-state index in [2.05, 4.69) is 15.6 Å². The summed E-state index contributed by atoms with van der Waals surface area (Å²) in [6, 6.07) is 5.40. The molecule has 2 aromatic rings. The number of hydrogen-bond donors (Lipinski definition) is 4. The lowest BCUT2D eigenvalue weighted by Crippen LogP contribution is -2.53. The summed E-state index contributed by atoms with van der Waals surface area (Å²) < 4.78 is 0. The number of aliphatic hydroxyl groups excluding tert-OH is 1. The topological polar surface area (TPSA) is 132 Å². The second-order valence-electron chi connectivity index (χ2n) is 9.84. The number of fused-ring (bicyclic) bond motifs is 2. The zero-order chi connectivity index (χ0) is 24.7. The van der Waals surface area contributed by atoms with Crippen LogP contribution in [0.25, 0.3) is 10.9 Å². The molecule has 5 atom stereocenters. The van der Waals surface area contributed by atoms with Crippen LogP contribution in [-0.2, 0) is 14.4 Å². The van der Waals surface area contributed by atoms with Crippen LogP contribution in [0.2, 0.25) is 5.02 Å². The van der Waals surface area contributed by atoms with Gasteiger partial charge in [0.1, 0.15) is 18.3 Å². The fourth-order valence-electron chi connectivity index (χ4n) is 6.03. The standard InChI is InChI=1S/C25H29ClN4O5/c26-17-5-2-6-18-16(17)10-20(28-18)25(35)30-11-14-3-1-4-15(14)22(30)24(34)29-19(21(32)12-31)9-13-7-8-27-23(13)33/h2,5-6,10,13-15,19,22,28,31H,1,3-4,7-9,11-12H2,(H,27,33)(H,29,34)/t13-,14-,15-,19?,22-/m0/s1. The SMILES string of the molecule is O=C(CO)C(C[C@@H]1CCNC1=O)NC(=O)[C@@H]1[C@H]2CCC[C@H]2CN1C(=O)c1cc2c(Cl)cccc2[nH]1. The van der Waals surface area contributed by atoms with Crippen molar-refractivity contribution in [2.75, 3.05) is 19.7 Å². The molecule has 0 spiro atoms. The van der Waals surface area contributed by atoms with E-state index in [4.69, 9.17) is 11.6 Å². The van der Waals surface area contributed by atoms with Crippen molar-refractivity contribution < 1.29 is 24.3 Å². The number of rotatable bonds is 7. The van der Waals surface area contributed by atoms with E-state index >= 15 is 0 Å². The number of Topliss-reactive ketones (excluding diaryl/α,β-unsaturated/α-hetero) is 1. The van der Waals surface area contributed by atoms with Gasteiger partial charge in [-0.3, -0.25) is 19.2 Å². The van der Waals surface area contributed by atoms with E-state index in [1.165, 1.54) is 0 Å². The molecule has 5 rings (SSSR count). The highest BCUT2D eigenvalue weighted by Crippen LogP contribution is 2.43. The van der Waals surface area contributed by atoms with Gasteiger partial charge in [0, 0.05) is 34.9 Å². The summed E-state index contributed by atoms with van der Waals surface area (Å²) in [7, 11) is 0. The summed E-state index contributed by atoms with van der Waals surface area (Å²) in [5.74, 6) is -1.56. The molecule has 186 valence electrons. The summed E-state index contributed by atoms with van der Waals surface area (Å²) in [5, 5.41) is 16.3. The Morgan fingerprint density at radius 2 is 2.06 bits per heavy atom. The summed E-state index contributed by atoms with van der Waals surface area (Å²) >= 11 is 6.28. The second-order valence-corrected chi connectivity index (χ2v) is 10.2. The molecule has 10 heteroatoms. The zero-order valence-electron chi connectivity index (χ0n) is 19.3. The minimum atomic E-state index is -0.981. The molecule has 35 heavy (non-hydrogen) atoms. The van der Waals surface area contributed by atoms with E-state index in [0.29, 0.717) is 30.2 Å². The molecule has 3 heterocycles. The van der Waals surface area contributed by atoms with Gasteiger partial charge < -0.3 is 25.6 Å². The largest absolute Gasteiger partial charge is 0.389 e. The lowest BCUT2D eigenvalue weighted by Gasteiger charge is -2.29. The van der Waals surface area contributed by atoms with Gasteiger partial charge in [-0.05, 0) is 55.7 Å². The Labute approximate surface area is 207 Å². The molecule has 1 unspecified atom stereocenters. The van der Waals surface area contributed by atoms with Crippen molar-refractivity contribution in [2.45, 2.75) is 44.2 Å². The molecule has 2 saturated heterocycles. The number of nitrogens with one attached hydrogen (secondary N) is 3. The Morgan fingerprint density at radius 3 is 2.77 bits per heavy atom. The number of benzene rings is 1. The van der Waals surface area contributed by atoms with E-state index in [-0.39, 0.29) is 30.1 Å². The van der Waals surface area contributed by atoms with Crippen molar-refractivity contribution in [3.8, 4) is 0 Å². The number of aliphatic hydroxyl groups is 1. The second kappa shape index (κ2) is 9.62. The van der Waals surface area contributed by atoms with Crippen molar-refractivity contribution in [3.05, 3.63) is 35.0 Å². The van der Waals surface area contributed by atoms with Crippen LogP contribution in [0.4, 0.5) is 0 Å². The molecule has 9 nitrogen and oxygen atoms in total. The van der Waals surface area contributed by atoms with Gasteiger partial charge >= 0.3 is 0 Å². The zero-order valence-corrected chi connectivity index (χ0v) is 20.0. The number of carbonyl (C=O) groups is 4. The number of H-pyrrole nitrogens is 1. The van der Waals surface area contributed by atoms with E-state index in [1.807, 2.05) is 6.07 Å². The van der Waals surface area contributed by atoms with Gasteiger partial charge in [0.15, 0.2) is 5.78 Å². The molecule has 3 fully saturated rings. The predicted molar refractivity (Wildman–Crippen MR) is 129 cm³/mol. The average molecular weight is 501 g/mol. The smallest absolute Gasteiger partial charge is 0.271 e. The number of amides is 3. The highest BCUT2D eigenvalue weighted by molar-refractivity contribution is 6.35. The first-order valence-corrected chi connectivity index (χ1v) is 12.5. The fraction of sp³-hybridized carbons (Fsp3) is 0.520. The molecule has 1 aromatic heterocycles. The van der Waals surface area contributed by atoms with Crippen molar-refractivity contribution >= 4 is 46.0 Å². The van der Waals surface area contributed by atoms with Crippen LogP contribution >= 0.6 is 11.6 Å². The van der Waals surface area contributed by atoms with Crippen molar-refractivity contribution in [2.24, 2.45) is 17.8 Å². The van der Waals surface area contributed by atoms with E-state index in [9.17, 15) is 24.3 Å². The number of hydrogen-bond acceptors (Lipinski definition) is 5. The minimum Gasteiger partial charge on any atom is -0.389 e. The lowest BCUT2D eigenvalue weighted by atomic mass is 9.92. The molecular weight excluding hydrogens is 472 g/mol. The molecule has 1 aromatic carbocycles. The van der Waals surface area contributed by atoms with Gasteiger partial charge in [-0.25, -0.2) is 0 Å². The average Bonchev–Trinajstić information content (AvgIpc) is 3.61. The molecular formula is C25H29ClN4O5. The first kappa shape index (κ1) is 23.8. The number of carbonyl (C=O) groups excluding carboxylic acids is 4. The van der Waals surface area contributed by atoms with Crippen LogP contribution in [0.3, 0.4) is 0 Å². The molecule has 1 aliphatic carbocycles. The molecule has 0 radical (unpaired) electrons. The maximum atomic E-state index is 13.6. The van der Waals surface area contributed by atoms with Crippen LogP contribution in [0.5, 0.6) is 0 Å². The van der Waals surface area contributed by atoms with Crippen molar-refractivity contribution in [1.82, 2.24) is 20.5 Å². The quantitative estimate of drug-likeness (QED) is 0.459. The normalized spacial score (nSPS) is 26.6. The number of aromatic amines is 1. The number of ketones is 1. The summed E-state index contributed by atoms with van der Waals surface area (Å²) in [4.78, 5) is 56.4. The minimum absolute atomic E-state index is 0.00609. The molecule has 2 aliphatic heterocycles. The first-order chi connectivity index (χ1) is 16.9. The lowest BCUT2D eigenvalue weighted by molar-refractivity contribution is -0.133. The highest BCUT2D eigenvalue weighted by Gasteiger charge is 2.50. The summed E-state index contributed by atoms with van der Waals surface area (Å²) in [5.41, 5.74) is 1.10. The van der Waals surface area contributed by atoms with E-state index < -0.39 is 36.3 Å². The molecule has 3 aliphatic rings. The predicted octanol–water partition coefficient (Wildman–Crippen LogP) is 1.63. The number of halogens is 1. The third kappa shape index (κ3) is 4.43. The van der Waals surface area contributed by atoms with Crippen molar-refractivity contribution in [1.29, 1.82) is 0 Å². The fourth-order valence-corrected chi connectivity index (χ4v) is 6.26. The Morgan fingerprint density at radius 1 is 1.23 bits per heavy atom. The monoisotopic (exact) mass is 500 g/mol. The first-order valence-electron chi connectivity index (χ1n) is 12.2. The molecule has 3 amide bonds. The molecule has 1 saturated carbocycles. The van der Waals surface area contributed by atoms with Crippen LogP contribution in [0, 0.1) is 17.8 Å². The number of aromatic nitrogens is 1. The number of likely N-dealkylation sites (tertiary alicyclic amines) is 1. The summed E-state index contributed by atoms with van der Waals surface area (Å²) in [6.45, 7) is 0.267. The van der Waals surface area contributed by atoms with Gasteiger partial charge in [0.2, 0.25) is 11.8 Å². The van der Waals surface area contributed by atoms with Gasteiger partial charge in [0.25, 0.3) is 5.91 Å². The maximum absolute atomic E-state index is 13.6. The number of nitrogens with zero attached hydrogens (tertiary/aromatic N) is 1. The Balaban J connectivity index is 1.39. The van der Waals surface area contributed by atoms with Gasteiger partial charge in [-0.1, -0.05) is 24.1 Å². The highest BCUT2D eigenvalue weighted by atomic mass is 35.5. The van der Waals surface area contributed by atoms with Crippen LogP contribution in [-0.4, -0.2) is 70.3 Å². The van der Waals surface area contributed by atoms with E-state index in [1.54, 1.807) is 23.1 Å². The van der Waals surface area contributed by atoms with Gasteiger partial charge in [-0.15, -0.1) is 0 Å². The van der Waals surface area contributed by atoms with Gasteiger partial charge in [-0.2, -0.15) is 0 Å². The maximum Gasteiger partial charge on any atom is 0.271 e. The van der Waals surface area contributed by atoms with Crippen molar-refractivity contribution in [3.63, 3.8) is 0 Å². The van der Waals surface area contributed by atoms with Crippen LogP contribution in [0.1, 0.15) is 42.6 Å². The van der Waals surface area contributed by atoms with Crippen LogP contribution in [0.15, 0.2) is 24.3 Å². The third-order valence-electron chi connectivity index (χ3n) is 7.81.